The third kappa shape index (κ3) is 3.89. The van der Waals surface area contributed by atoms with Gasteiger partial charge in [0, 0.05) is 6.54 Å². The van der Waals surface area contributed by atoms with Crippen LogP contribution in [0.4, 0.5) is 0 Å². The second kappa shape index (κ2) is 7.57. The molecule has 0 saturated carbocycles. The average Bonchev–Trinajstić information content (AvgIpc) is 2.56. The minimum absolute atomic E-state index is 0.135. The Hall–Kier alpha value is -1.91. The summed E-state index contributed by atoms with van der Waals surface area (Å²) < 4.78 is 27.8. The van der Waals surface area contributed by atoms with Gasteiger partial charge in [0.05, 0.1) is 10.9 Å². The summed E-state index contributed by atoms with van der Waals surface area (Å²) in [6, 6.07) is 18.1. The standard InChI is InChI=1S/C19H23NO2S/c1-4-15-20(23(21,22)18-13-9-6-10-14-18)19(16(2)3)17-11-7-5-8-12-17/h4-14,16,19H,1,15H2,2-3H3. The van der Waals surface area contributed by atoms with Crippen LogP contribution in [0.15, 0.2) is 78.2 Å². The predicted octanol–water partition coefficient (Wildman–Crippen LogP) is 4.26. The van der Waals surface area contributed by atoms with Gasteiger partial charge in [0.25, 0.3) is 0 Å². The number of hydrogen-bond donors (Lipinski definition) is 0. The van der Waals surface area contributed by atoms with Crippen LogP contribution in [0, 0.1) is 5.92 Å². The molecule has 1 unspecified atom stereocenters. The largest absolute Gasteiger partial charge is 0.243 e. The molecule has 0 bridgehead atoms. The van der Waals surface area contributed by atoms with Gasteiger partial charge in [-0.2, -0.15) is 4.31 Å². The zero-order valence-corrected chi connectivity index (χ0v) is 14.4. The van der Waals surface area contributed by atoms with Crippen molar-refractivity contribution in [2.45, 2.75) is 24.8 Å². The van der Waals surface area contributed by atoms with Crippen LogP contribution >= 0.6 is 0 Å². The summed E-state index contributed by atoms with van der Waals surface area (Å²) in [5.74, 6) is 0.135. The lowest BCUT2D eigenvalue weighted by molar-refractivity contribution is 0.280. The van der Waals surface area contributed by atoms with E-state index in [0.29, 0.717) is 4.90 Å². The first-order valence-electron chi connectivity index (χ1n) is 7.71. The summed E-state index contributed by atoms with van der Waals surface area (Å²) in [6.07, 6.45) is 1.64. The molecular formula is C19H23NO2S. The van der Waals surface area contributed by atoms with Crippen molar-refractivity contribution in [2.24, 2.45) is 5.92 Å². The number of hydrogen-bond acceptors (Lipinski definition) is 2. The first-order valence-corrected chi connectivity index (χ1v) is 9.15. The smallest absolute Gasteiger partial charge is 0.207 e. The monoisotopic (exact) mass is 329 g/mol. The maximum absolute atomic E-state index is 13.1. The van der Waals surface area contributed by atoms with E-state index in [0.717, 1.165) is 5.56 Å². The number of nitrogens with zero attached hydrogens (tertiary/aromatic N) is 1. The van der Waals surface area contributed by atoms with Crippen LogP contribution in [-0.2, 0) is 10.0 Å². The zero-order valence-electron chi connectivity index (χ0n) is 13.6. The van der Waals surface area contributed by atoms with E-state index >= 15 is 0 Å². The quantitative estimate of drug-likeness (QED) is 0.712. The molecule has 1 atom stereocenters. The molecule has 2 rings (SSSR count). The fourth-order valence-electron chi connectivity index (χ4n) is 2.75. The van der Waals surface area contributed by atoms with E-state index in [1.165, 1.54) is 4.31 Å². The molecular weight excluding hydrogens is 306 g/mol. The van der Waals surface area contributed by atoms with Crippen LogP contribution in [-0.4, -0.2) is 19.3 Å². The molecule has 2 aromatic rings. The van der Waals surface area contributed by atoms with Crippen LogP contribution in [0.1, 0.15) is 25.5 Å². The minimum Gasteiger partial charge on any atom is -0.207 e. The fourth-order valence-corrected chi connectivity index (χ4v) is 4.49. The molecule has 0 N–H and O–H groups in total. The average molecular weight is 329 g/mol. The highest BCUT2D eigenvalue weighted by molar-refractivity contribution is 7.89. The van der Waals surface area contributed by atoms with E-state index in [-0.39, 0.29) is 18.5 Å². The second-order valence-electron chi connectivity index (χ2n) is 5.78. The maximum Gasteiger partial charge on any atom is 0.243 e. The summed E-state index contributed by atoms with van der Waals surface area (Å²) >= 11 is 0. The predicted molar refractivity (Wildman–Crippen MR) is 94.6 cm³/mol. The zero-order chi connectivity index (χ0) is 16.9. The third-order valence-corrected chi connectivity index (χ3v) is 5.60. The van der Waals surface area contributed by atoms with Gasteiger partial charge in [0.15, 0.2) is 0 Å². The number of benzene rings is 2. The molecule has 0 amide bonds. The first kappa shape index (κ1) is 17.4. The van der Waals surface area contributed by atoms with Crippen LogP contribution in [0.3, 0.4) is 0 Å². The Morgan fingerprint density at radius 1 is 1.00 bits per heavy atom. The summed E-state index contributed by atoms with van der Waals surface area (Å²) in [7, 11) is -3.59. The van der Waals surface area contributed by atoms with E-state index in [1.54, 1.807) is 30.3 Å². The van der Waals surface area contributed by atoms with Crippen molar-refractivity contribution in [3.8, 4) is 0 Å². The van der Waals surface area contributed by atoms with E-state index < -0.39 is 10.0 Å². The Morgan fingerprint density at radius 2 is 1.52 bits per heavy atom. The van der Waals surface area contributed by atoms with Crippen LogP contribution in [0.2, 0.25) is 0 Å². The van der Waals surface area contributed by atoms with Gasteiger partial charge in [-0.25, -0.2) is 8.42 Å². The van der Waals surface area contributed by atoms with Gasteiger partial charge >= 0.3 is 0 Å². The first-order chi connectivity index (χ1) is 11.0. The van der Waals surface area contributed by atoms with Crippen molar-refractivity contribution in [1.82, 2.24) is 4.31 Å². The molecule has 0 aliphatic rings. The highest BCUT2D eigenvalue weighted by Crippen LogP contribution is 2.33. The van der Waals surface area contributed by atoms with Crippen molar-refractivity contribution in [3.63, 3.8) is 0 Å². The Kier molecular flexibility index (Phi) is 5.74. The highest BCUT2D eigenvalue weighted by atomic mass is 32.2. The molecule has 0 aliphatic heterocycles. The van der Waals surface area contributed by atoms with Crippen molar-refractivity contribution in [2.75, 3.05) is 6.54 Å². The van der Waals surface area contributed by atoms with Gasteiger partial charge in [0.1, 0.15) is 0 Å². The van der Waals surface area contributed by atoms with E-state index in [1.807, 2.05) is 50.2 Å². The van der Waals surface area contributed by atoms with E-state index in [9.17, 15) is 8.42 Å². The van der Waals surface area contributed by atoms with Crippen molar-refractivity contribution in [3.05, 3.63) is 78.9 Å². The molecule has 0 aromatic heterocycles. The minimum atomic E-state index is -3.59. The van der Waals surface area contributed by atoms with Gasteiger partial charge in [-0.1, -0.05) is 68.5 Å². The lowest BCUT2D eigenvalue weighted by atomic mass is 9.96. The van der Waals surface area contributed by atoms with E-state index in [2.05, 4.69) is 6.58 Å². The van der Waals surface area contributed by atoms with E-state index in [4.69, 9.17) is 0 Å². The molecule has 23 heavy (non-hydrogen) atoms. The van der Waals surface area contributed by atoms with Gasteiger partial charge < -0.3 is 0 Å². The molecule has 0 heterocycles. The molecule has 0 fully saturated rings. The Balaban J connectivity index is 2.53. The molecule has 0 radical (unpaired) electrons. The Labute approximate surface area is 139 Å². The molecule has 122 valence electrons. The number of rotatable bonds is 7. The lowest BCUT2D eigenvalue weighted by Gasteiger charge is -2.33. The molecule has 0 spiro atoms. The van der Waals surface area contributed by atoms with Crippen LogP contribution < -0.4 is 0 Å². The highest BCUT2D eigenvalue weighted by Gasteiger charge is 2.33. The summed E-state index contributed by atoms with van der Waals surface area (Å²) in [5.41, 5.74) is 0.990. The Morgan fingerprint density at radius 3 is 2.00 bits per heavy atom. The molecule has 0 aliphatic carbocycles. The van der Waals surface area contributed by atoms with Gasteiger partial charge in [-0.15, -0.1) is 6.58 Å². The van der Waals surface area contributed by atoms with Crippen LogP contribution in [0.5, 0.6) is 0 Å². The lowest BCUT2D eigenvalue weighted by Crippen LogP contribution is -2.37. The summed E-state index contributed by atoms with van der Waals surface area (Å²) in [5, 5.41) is 0. The summed E-state index contributed by atoms with van der Waals surface area (Å²) in [6.45, 7) is 8.08. The van der Waals surface area contributed by atoms with Crippen molar-refractivity contribution < 1.29 is 8.42 Å². The molecule has 0 saturated heterocycles. The molecule has 3 nitrogen and oxygen atoms in total. The molecule has 2 aromatic carbocycles. The Bertz CT molecular complexity index is 724. The van der Waals surface area contributed by atoms with Crippen LogP contribution in [0.25, 0.3) is 0 Å². The SMILES string of the molecule is C=CCN(C(c1ccccc1)C(C)C)S(=O)(=O)c1ccccc1. The van der Waals surface area contributed by atoms with Gasteiger partial charge in [-0.05, 0) is 23.6 Å². The topological polar surface area (TPSA) is 37.4 Å². The van der Waals surface area contributed by atoms with Gasteiger partial charge in [-0.3, -0.25) is 0 Å². The number of sulfonamides is 1. The molecule has 4 heteroatoms. The maximum atomic E-state index is 13.1. The normalized spacial score (nSPS) is 13.2. The second-order valence-corrected chi connectivity index (χ2v) is 7.67. The summed E-state index contributed by atoms with van der Waals surface area (Å²) in [4.78, 5) is 0.309. The van der Waals surface area contributed by atoms with Crippen molar-refractivity contribution in [1.29, 1.82) is 0 Å². The fraction of sp³-hybridized carbons (Fsp3) is 0.263. The third-order valence-electron chi connectivity index (χ3n) is 3.74. The van der Waals surface area contributed by atoms with Gasteiger partial charge in [0.2, 0.25) is 10.0 Å². The van der Waals surface area contributed by atoms with Crippen molar-refractivity contribution >= 4 is 10.0 Å².